The van der Waals surface area contributed by atoms with Crippen LogP contribution in [-0.2, 0) is 13.3 Å². The number of hydrogen-bond acceptors (Lipinski definition) is 4. The maximum Gasteiger partial charge on any atom is 0.271 e. The van der Waals surface area contributed by atoms with Gasteiger partial charge >= 0.3 is 0 Å². The van der Waals surface area contributed by atoms with Gasteiger partial charge in [0.25, 0.3) is 5.91 Å². The van der Waals surface area contributed by atoms with Crippen molar-refractivity contribution in [3.63, 3.8) is 0 Å². The lowest BCUT2D eigenvalue weighted by atomic mass is 10.2. The fraction of sp³-hybridized carbons (Fsp3) is 0.278. The number of rotatable bonds is 8. The van der Waals surface area contributed by atoms with Gasteiger partial charge in [-0.3, -0.25) is 9.48 Å². The number of carbonyl (C=O) groups is 1. The van der Waals surface area contributed by atoms with E-state index in [1.54, 1.807) is 23.1 Å². The zero-order valence-corrected chi connectivity index (χ0v) is 14.1. The Labute approximate surface area is 146 Å². The van der Waals surface area contributed by atoms with Crippen molar-refractivity contribution in [3.05, 3.63) is 66.2 Å². The van der Waals surface area contributed by atoms with Crippen LogP contribution >= 0.6 is 0 Å². The van der Waals surface area contributed by atoms with Crippen molar-refractivity contribution in [2.45, 2.75) is 26.6 Å². The monoisotopic (exact) mass is 339 g/mol. The SMILES string of the molecule is Cc1ccccc1OCn1ccc(C(=O)NCCCn2cccn2)n1. The molecular weight excluding hydrogens is 318 g/mol. The molecule has 1 amide bonds. The number of nitrogens with zero attached hydrogens (tertiary/aromatic N) is 4. The van der Waals surface area contributed by atoms with Crippen LogP contribution in [0.25, 0.3) is 0 Å². The van der Waals surface area contributed by atoms with Gasteiger partial charge in [-0.2, -0.15) is 10.2 Å². The number of aryl methyl sites for hydroxylation is 2. The van der Waals surface area contributed by atoms with Crippen LogP contribution < -0.4 is 10.1 Å². The van der Waals surface area contributed by atoms with E-state index in [9.17, 15) is 4.79 Å². The van der Waals surface area contributed by atoms with Gasteiger partial charge in [-0.1, -0.05) is 18.2 Å². The highest BCUT2D eigenvalue weighted by atomic mass is 16.5. The zero-order valence-electron chi connectivity index (χ0n) is 14.1. The third-order valence-corrected chi connectivity index (χ3v) is 3.73. The maximum atomic E-state index is 12.1. The molecular formula is C18H21N5O2. The Morgan fingerprint density at radius 3 is 2.84 bits per heavy atom. The van der Waals surface area contributed by atoms with Crippen molar-refractivity contribution in [1.29, 1.82) is 0 Å². The highest BCUT2D eigenvalue weighted by Gasteiger charge is 2.09. The first-order chi connectivity index (χ1) is 12.2. The highest BCUT2D eigenvalue weighted by Crippen LogP contribution is 2.16. The van der Waals surface area contributed by atoms with E-state index in [-0.39, 0.29) is 12.6 Å². The fourth-order valence-corrected chi connectivity index (χ4v) is 2.37. The third-order valence-electron chi connectivity index (χ3n) is 3.73. The Morgan fingerprint density at radius 1 is 1.16 bits per heavy atom. The van der Waals surface area contributed by atoms with Crippen LogP contribution in [0, 0.1) is 6.92 Å². The topological polar surface area (TPSA) is 74.0 Å². The number of carbonyl (C=O) groups excluding carboxylic acids is 1. The van der Waals surface area contributed by atoms with Crippen molar-refractivity contribution in [3.8, 4) is 5.75 Å². The molecule has 25 heavy (non-hydrogen) atoms. The Bertz CT molecular complexity index is 811. The largest absolute Gasteiger partial charge is 0.471 e. The molecule has 2 heterocycles. The average Bonchev–Trinajstić information content (AvgIpc) is 3.30. The van der Waals surface area contributed by atoms with E-state index < -0.39 is 0 Å². The molecule has 0 atom stereocenters. The first kappa shape index (κ1) is 16.8. The summed E-state index contributed by atoms with van der Waals surface area (Å²) >= 11 is 0. The molecule has 0 spiro atoms. The smallest absolute Gasteiger partial charge is 0.271 e. The molecule has 0 unspecified atom stereocenters. The lowest BCUT2D eigenvalue weighted by molar-refractivity contribution is 0.0945. The van der Waals surface area contributed by atoms with Crippen LogP contribution in [0.5, 0.6) is 5.75 Å². The summed E-state index contributed by atoms with van der Waals surface area (Å²) in [5.41, 5.74) is 1.44. The summed E-state index contributed by atoms with van der Waals surface area (Å²) in [6, 6.07) is 11.3. The summed E-state index contributed by atoms with van der Waals surface area (Å²) in [4.78, 5) is 12.1. The van der Waals surface area contributed by atoms with E-state index in [2.05, 4.69) is 15.5 Å². The molecule has 0 fully saturated rings. The molecule has 0 aliphatic heterocycles. The molecule has 7 nitrogen and oxygen atoms in total. The lowest BCUT2D eigenvalue weighted by Crippen LogP contribution is -2.26. The average molecular weight is 339 g/mol. The third kappa shape index (κ3) is 4.69. The van der Waals surface area contributed by atoms with Crippen LogP contribution in [0.3, 0.4) is 0 Å². The summed E-state index contributed by atoms with van der Waals surface area (Å²) in [7, 11) is 0. The summed E-state index contributed by atoms with van der Waals surface area (Å²) in [5, 5.41) is 11.2. The van der Waals surface area contributed by atoms with Crippen molar-refractivity contribution in [2.75, 3.05) is 6.54 Å². The minimum absolute atomic E-state index is 0.185. The molecule has 0 aliphatic carbocycles. The number of amides is 1. The molecule has 0 radical (unpaired) electrons. The number of ether oxygens (including phenoxy) is 1. The minimum Gasteiger partial charge on any atom is -0.471 e. The van der Waals surface area contributed by atoms with E-state index in [1.807, 2.05) is 48.1 Å². The predicted octanol–water partition coefficient (Wildman–Crippen LogP) is 2.24. The van der Waals surface area contributed by atoms with E-state index in [1.165, 1.54) is 0 Å². The van der Waals surface area contributed by atoms with Crippen molar-refractivity contribution in [2.24, 2.45) is 0 Å². The maximum absolute atomic E-state index is 12.1. The molecule has 3 aromatic rings. The van der Waals surface area contributed by atoms with Gasteiger partial charge in [0, 0.05) is 31.7 Å². The van der Waals surface area contributed by atoms with E-state index in [0.717, 1.165) is 24.3 Å². The van der Waals surface area contributed by atoms with Gasteiger partial charge in [0.1, 0.15) is 11.4 Å². The van der Waals surface area contributed by atoms with E-state index in [0.29, 0.717) is 12.2 Å². The molecule has 0 saturated carbocycles. The van der Waals surface area contributed by atoms with Crippen LogP contribution in [0.15, 0.2) is 55.0 Å². The van der Waals surface area contributed by atoms with Crippen molar-refractivity contribution >= 4 is 5.91 Å². The number of aromatic nitrogens is 4. The standard InChI is InChI=1S/C18H21N5O2/c1-15-6-2-3-7-17(15)25-14-23-13-8-16(21-23)18(24)19-9-4-11-22-12-5-10-20-22/h2-3,5-8,10,12-13H,4,9,11,14H2,1H3,(H,19,24). The summed E-state index contributed by atoms with van der Waals surface area (Å²) in [6.45, 7) is 3.59. The second-order valence-corrected chi connectivity index (χ2v) is 5.66. The van der Waals surface area contributed by atoms with Gasteiger partial charge in [-0.05, 0) is 37.1 Å². The van der Waals surface area contributed by atoms with Gasteiger partial charge in [-0.15, -0.1) is 0 Å². The Hall–Kier alpha value is -3.09. The molecule has 1 aromatic carbocycles. The van der Waals surface area contributed by atoms with Crippen LogP contribution in [0.2, 0.25) is 0 Å². The van der Waals surface area contributed by atoms with Gasteiger partial charge in [0.15, 0.2) is 6.73 Å². The summed E-state index contributed by atoms with van der Waals surface area (Å²) in [6.07, 6.45) is 6.18. The van der Waals surface area contributed by atoms with Crippen LogP contribution in [-0.4, -0.2) is 32.0 Å². The number of para-hydroxylation sites is 1. The Morgan fingerprint density at radius 2 is 2.04 bits per heavy atom. The molecule has 1 N–H and O–H groups in total. The molecule has 0 aliphatic rings. The molecule has 2 aromatic heterocycles. The molecule has 130 valence electrons. The molecule has 0 bridgehead atoms. The van der Waals surface area contributed by atoms with Crippen LogP contribution in [0.4, 0.5) is 0 Å². The highest BCUT2D eigenvalue weighted by molar-refractivity contribution is 5.92. The first-order valence-electron chi connectivity index (χ1n) is 8.20. The Kier molecular flexibility index (Phi) is 5.46. The second-order valence-electron chi connectivity index (χ2n) is 5.66. The van der Waals surface area contributed by atoms with Gasteiger partial charge in [-0.25, -0.2) is 4.68 Å². The number of hydrogen-bond donors (Lipinski definition) is 1. The number of nitrogens with one attached hydrogen (secondary N) is 1. The quantitative estimate of drug-likeness (QED) is 0.639. The Balaban J connectivity index is 1.44. The number of benzene rings is 1. The predicted molar refractivity (Wildman–Crippen MR) is 93.2 cm³/mol. The van der Waals surface area contributed by atoms with Gasteiger partial charge < -0.3 is 10.1 Å². The van der Waals surface area contributed by atoms with Gasteiger partial charge in [0.2, 0.25) is 0 Å². The fourth-order valence-electron chi connectivity index (χ4n) is 2.37. The first-order valence-corrected chi connectivity index (χ1v) is 8.20. The molecule has 0 saturated heterocycles. The molecule has 3 rings (SSSR count). The second kappa shape index (κ2) is 8.14. The minimum atomic E-state index is -0.185. The van der Waals surface area contributed by atoms with Crippen molar-refractivity contribution in [1.82, 2.24) is 24.9 Å². The van der Waals surface area contributed by atoms with E-state index >= 15 is 0 Å². The van der Waals surface area contributed by atoms with E-state index in [4.69, 9.17) is 4.74 Å². The summed E-state index contributed by atoms with van der Waals surface area (Å²) in [5.74, 6) is 0.623. The zero-order chi connectivity index (χ0) is 17.5. The van der Waals surface area contributed by atoms with Gasteiger partial charge in [0.05, 0.1) is 0 Å². The molecule has 7 heteroatoms. The van der Waals surface area contributed by atoms with Crippen LogP contribution in [0.1, 0.15) is 22.5 Å². The lowest BCUT2D eigenvalue weighted by Gasteiger charge is -2.08. The summed E-state index contributed by atoms with van der Waals surface area (Å²) < 4.78 is 9.15. The van der Waals surface area contributed by atoms with Crippen molar-refractivity contribution < 1.29 is 9.53 Å². The normalized spacial score (nSPS) is 10.6.